The molecule has 1 amide bonds. The number of aryl methyl sites for hydroxylation is 2. The Morgan fingerprint density at radius 3 is 1.93 bits per heavy atom. The third-order valence-electron chi connectivity index (χ3n) is 7.07. The molecule has 1 N–H and O–H groups in total. The molecule has 0 bridgehead atoms. The van der Waals surface area contributed by atoms with Crippen molar-refractivity contribution in [2.45, 2.75) is 49.3 Å². The van der Waals surface area contributed by atoms with Gasteiger partial charge in [0.1, 0.15) is 6.54 Å². The van der Waals surface area contributed by atoms with Gasteiger partial charge in [-0.15, -0.1) is 0 Å². The topological polar surface area (TPSA) is 122 Å². The molecule has 1 saturated heterocycles. The number of sulfonamides is 2. The molecule has 1 aliphatic heterocycles. The number of hydrogen-bond acceptors (Lipinski definition) is 7. The Morgan fingerprint density at radius 1 is 0.786 bits per heavy atom. The number of hydrogen-bond donors (Lipinski definition) is 1. The van der Waals surface area contributed by atoms with Crippen LogP contribution >= 0.6 is 0 Å². The van der Waals surface area contributed by atoms with Gasteiger partial charge in [-0.2, -0.15) is 4.31 Å². The maximum atomic E-state index is 13.9. The fraction of sp³-hybridized carbons (Fsp3) is 0.367. The molecule has 3 aromatic rings. The number of amides is 1. The highest BCUT2D eigenvalue weighted by Gasteiger charge is 2.29. The Kier molecular flexibility index (Phi) is 9.80. The van der Waals surface area contributed by atoms with E-state index in [1.165, 1.54) is 61.0 Å². The molecule has 1 aliphatic rings. The predicted octanol–water partition coefficient (Wildman–Crippen LogP) is 4.72. The van der Waals surface area contributed by atoms with E-state index in [1.807, 2.05) is 19.9 Å². The average Bonchev–Trinajstić information content (AvgIpc) is 3.25. The molecule has 0 spiro atoms. The Balaban J connectivity index is 1.60. The molecule has 1 fully saturated rings. The van der Waals surface area contributed by atoms with E-state index in [0.717, 1.165) is 41.1 Å². The summed E-state index contributed by atoms with van der Waals surface area (Å²) in [5.41, 5.74) is 2.34. The van der Waals surface area contributed by atoms with Gasteiger partial charge in [0, 0.05) is 24.8 Å². The van der Waals surface area contributed by atoms with E-state index in [4.69, 9.17) is 9.47 Å². The van der Waals surface area contributed by atoms with Crippen LogP contribution in [0.1, 0.15) is 36.8 Å². The highest BCUT2D eigenvalue weighted by molar-refractivity contribution is 7.92. The highest BCUT2D eigenvalue weighted by atomic mass is 32.2. The van der Waals surface area contributed by atoms with Crippen molar-refractivity contribution < 1.29 is 31.1 Å². The molecule has 10 nitrogen and oxygen atoms in total. The van der Waals surface area contributed by atoms with Gasteiger partial charge < -0.3 is 14.8 Å². The molecule has 226 valence electrons. The molecule has 42 heavy (non-hydrogen) atoms. The molecule has 0 unspecified atom stereocenters. The van der Waals surface area contributed by atoms with Gasteiger partial charge >= 0.3 is 0 Å². The first-order valence-electron chi connectivity index (χ1n) is 13.7. The summed E-state index contributed by atoms with van der Waals surface area (Å²) >= 11 is 0. The third-order valence-corrected chi connectivity index (χ3v) is 10.7. The van der Waals surface area contributed by atoms with Crippen LogP contribution in [0.15, 0.2) is 70.5 Å². The first kappa shape index (κ1) is 31.3. The zero-order chi connectivity index (χ0) is 30.5. The lowest BCUT2D eigenvalue weighted by molar-refractivity contribution is -0.114. The van der Waals surface area contributed by atoms with E-state index in [1.54, 1.807) is 12.1 Å². The molecule has 0 aromatic heterocycles. The second-order valence-electron chi connectivity index (χ2n) is 10.3. The van der Waals surface area contributed by atoms with Crippen LogP contribution in [-0.2, 0) is 24.8 Å². The van der Waals surface area contributed by atoms with Crippen molar-refractivity contribution in [3.05, 3.63) is 71.8 Å². The minimum atomic E-state index is -4.22. The Bertz CT molecular complexity index is 1610. The van der Waals surface area contributed by atoms with Crippen LogP contribution < -0.4 is 19.1 Å². The SMILES string of the molecule is COc1ccc(S(=O)(=O)N(CC(=O)Nc2ccc(S(=O)(=O)N3CCCCCC3)cc2)c2cc(C)cc(C)c2)cc1OC. The number of carbonyl (C=O) groups is 1. The van der Waals surface area contributed by atoms with Gasteiger partial charge in [-0.05, 0) is 86.3 Å². The normalized spacial score (nSPS) is 14.6. The van der Waals surface area contributed by atoms with E-state index in [9.17, 15) is 21.6 Å². The number of nitrogens with zero attached hydrogens (tertiary/aromatic N) is 2. The van der Waals surface area contributed by atoms with E-state index >= 15 is 0 Å². The monoisotopic (exact) mass is 615 g/mol. The highest BCUT2D eigenvalue weighted by Crippen LogP contribution is 2.33. The van der Waals surface area contributed by atoms with Crippen LogP contribution in [0.3, 0.4) is 0 Å². The molecular formula is C30H37N3O7S2. The fourth-order valence-corrected chi connectivity index (χ4v) is 7.92. The zero-order valence-corrected chi connectivity index (χ0v) is 25.9. The first-order valence-corrected chi connectivity index (χ1v) is 16.6. The third kappa shape index (κ3) is 7.05. The number of rotatable bonds is 10. The van der Waals surface area contributed by atoms with E-state index in [2.05, 4.69) is 5.32 Å². The Labute approximate surface area is 248 Å². The van der Waals surface area contributed by atoms with Crippen molar-refractivity contribution in [1.82, 2.24) is 4.31 Å². The number of nitrogens with one attached hydrogen (secondary N) is 1. The van der Waals surface area contributed by atoms with E-state index in [-0.39, 0.29) is 15.5 Å². The number of benzene rings is 3. The van der Waals surface area contributed by atoms with Gasteiger partial charge in [-0.1, -0.05) is 18.9 Å². The summed E-state index contributed by atoms with van der Waals surface area (Å²) in [5, 5.41) is 2.71. The van der Waals surface area contributed by atoms with E-state index < -0.39 is 32.5 Å². The standard InChI is InChI=1S/C30H37N3O7S2/c1-22-17-23(2)19-25(18-22)33(42(37,38)27-13-14-28(39-3)29(20-27)40-4)21-30(34)31-24-9-11-26(12-10-24)41(35,36)32-15-7-5-6-8-16-32/h9-14,17-20H,5-8,15-16,21H2,1-4H3,(H,31,34). The van der Waals surface area contributed by atoms with Crippen molar-refractivity contribution in [2.24, 2.45) is 0 Å². The second-order valence-corrected chi connectivity index (χ2v) is 14.1. The van der Waals surface area contributed by atoms with Gasteiger partial charge in [0.2, 0.25) is 15.9 Å². The summed E-state index contributed by atoms with van der Waals surface area (Å²) in [6.45, 7) is 4.15. The van der Waals surface area contributed by atoms with Crippen molar-refractivity contribution in [3.8, 4) is 11.5 Å². The summed E-state index contributed by atoms with van der Waals surface area (Å²) < 4.78 is 67.2. The predicted molar refractivity (Wildman–Crippen MR) is 162 cm³/mol. The molecule has 0 atom stereocenters. The molecule has 1 heterocycles. The van der Waals surface area contributed by atoms with Crippen LogP contribution in [0, 0.1) is 13.8 Å². The lowest BCUT2D eigenvalue weighted by Gasteiger charge is -2.25. The van der Waals surface area contributed by atoms with Gasteiger partial charge in [-0.3, -0.25) is 9.10 Å². The summed E-state index contributed by atoms with van der Waals surface area (Å²) in [7, 11) is -5.00. The fourth-order valence-electron chi connectivity index (χ4n) is 4.99. The largest absolute Gasteiger partial charge is 0.493 e. The summed E-state index contributed by atoms with van der Waals surface area (Å²) in [5.74, 6) is 0.00778. The Morgan fingerprint density at radius 2 is 1.36 bits per heavy atom. The maximum Gasteiger partial charge on any atom is 0.264 e. The quantitative estimate of drug-likeness (QED) is 0.350. The average molecular weight is 616 g/mol. The molecule has 0 radical (unpaired) electrons. The number of carbonyl (C=O) groups excluding carboxylic acids is 1. The van der Waals surface area contributed by atoms with Crippen LogP contribution in [0.25, 0.3) is 0 Å². The first-order chi connectivity index (χ1) is 19.9. The molecule has 0 aliphatic carbocycles. The van der Waals surface area contributed by atoms with Crippen molar-refractivity contribution in [2.75, 3.05) is 43.5 Å². The van der Waals surface area contributed by atoms with Gasteiger partial charge in [0.25, 0.3) is 10.0 Å². The summed E-state index contributed by atoms with van der Waals surface area (Å²) in [6, 6.07) is 15.5. The van der Waals surface area contributed by atoms with Crippen LogP contribution in [0.4, 0.5) is 11.4 Å². The van der Waals surface area contributed by atoms with Gasteiger partial charge in [0.05, 0.1) is 29.7 Å². The van der Waals surface area contributed by atoms with Crippen LogP contribution in [0.2, 0.25) is 0 Å². The molecule has 12 heteroatoms. The lowest BCUT2D eigenvalue weighted by atomic mass is 10.1. The van der Waals surface area contributed by atoms with Gasteiger partial charge in [-0.25, -0.2) is 16.8 Å². The van der Waals surface area contributed by atoms with Gasteiger partial charge in [0.15, 0.2) is 11.5 Å². The molecule has 4 rings (SSSR count). The van der Waals surface area contributed by atoms with Crippen LogP contribution in [-0.4, -0.2) is 60.9 Å². The van der Waals surface area contributed by atoms with E-state index in [0.29, 0.717) is 30.2 Å². The smallest absolute Gasteiger partial charge is 0.264 e. The lowest BCUT2D eigenvalue weighted by Crippen LogP contribution is -2.38. The second kappa shape index (κ2) is 13.1. The molecular weight excluding hydrogens is 578 g/mol. The number of ether oxygens (including phenoxy) is 2. The summed E-state index contributed by atoms with van der Waals surface area (Å²) in [4.78, 5) is 13.3. The summed E-state index contributed by atoms with van der Waals surface area (Å²) in [6.07, 6.45) is 3.68. The van der Waals surface area contributed by atoms with Crippen molar-refractivity contribution in [1.29, 1.82) is 0 Å². The number of anilines is 2. The Hall–Kier alpha value is -3.61. The van der Waals surface area contributed by atoms with Crippen LogP contribution in [0.5, 0.6) is 11.5 Å². The molecule has 0 saturated carbocycles. The minimum absolute atomic E-state index is 0.0739. The van der Waals surface area contributed by atoms with Crippen molar-refractivity contribution in [3.63, 3.8) is 0 Å². The zero-order valence-electron chi connectivity index (χ0n) is 24.3. The van der Waals surface area contributed by atoms with Crippen molar-refractivity contribution >= 4 is 37.3 Å². The maximum absolute atomic E-state index is 13.9. The minimum Gasteiger partial charge on any atom is -0.493 e. The number of methoxy groups -OCH3 is 2. The molecule has 3 aromatic carbocycles.